The van der Waals surface area contributed by atoms with Crippen LogP contribution in [-0.2, 0) is 5.41 Å². The minimum Gasteiger partial charge on any atom is -0.478 e. The first-order valence-corrected chi connectivity index (χ1v) is 4.94. The summed E-state index contributed by atoms with van der Waals surface area (Å²) < 4.78 is 27.1. The summed E-state index contributed by atoms with van der Waals surface area (Å²) >= 11 is 0. The Labute approximate surface area is 90.9 Å². The molecule has 1 aromatic rings. The number of carboxylic acids is 1. The predicted octanol–water partition coefficient (Wildman–Crippen LogP) is 1.65. The van der Waals surface area contributed by atoms with Gasteiger partial charge in [-0.05, 0) is 24.5 Å². The molecule has 1 aliphatic carbocycles. The lowest BCUT2D eigenvalue weighted by molar-refractivity contribution is 0.0690. The first-order chi connectivity index (χ1) is 7.52. The van der Waals surface area contributed by atoms with E-state index >= 15 is 0 Å². The van der Waals surface area contributed by atoms with E-state index in [2.05, 4.69) is 0 Å². The van der Waals surface area contributed by atoms with Crippen molar-refractivity contribution in [1.82, 2.24) is 0 Å². The van der Waals surface area contributed by atoms with Crippen molar-refractivity contribution in [3.8, 4) is 0 Å². The smallest absolute Gasteiger partial charge is 0.338 e. The molecule has 3 N–H and O–H groups in total. The SMILES string of the molecule is NCC1(c2ccc(C(=O)O)c(F)c2F)CC1. The van der Waals surface area contributed by atoms with E-state index < -0.39 is 28.6 Å². The van der Waals surface area contributed by atoms with Gasteiger partial charge in [-0.3, -0.25) is 0 Å². The Morgan fingerprint density at radius 2 is 2.00 bits per heavy atom. The van der Waals surface area contributed by atoms with E-state index in [0.717, 1.165) is 6.07 Å². The second kappa shape index (κ2) is 3.52. The van der Waals surface area contributed by atoms with E-state index in [1.54, 1.807) is 0 Å². The molecule has 5 heteroatoms. The maximum Gasteiger partial charge on any atom is 0.338 e. The van der Waals surface area contributed by atoms with Crippen molar-refractivity contribution in [1.29, 1.82) is 0 Å². The standard InChI is InChI=1S/C11H11F2NO2/c12-8-6(10(15)16)1-2-7(9(8)13)11(5-14)3-4-11/h1-2H,3-5,14H2,(H,15,16). The topological polar surface area (TPSA) is 63.3 Å². The number of aromatic carboxylic acids is 1. The molecule has 0 radical (unpaired) electrons. The quantitative estimate of drug-likeness (QED) is 0.825. The van der Waals surface area contributed by atoms with Crippen LogP contribution in [0.3, 0.4) is 0 Å². The molecular weight excluding hydrogens is 216 g/mol. The molecule has 0 unspecified atom stereocenters. The number of carbonyl (C=O) groups is 1. The van der Waals surface area contributed by atoms with Crippen LogP contribution in [0.15, 0.2) is 12.1 Å². The molecule has 0 aliphatic heterocycles. The maximum absolute atomic E-state index is 13.7. The van der Waals surface area contributed by atoms with Crippen LogP contribution in [0, 0.1) is 11.6 Å². The van der Waals surface area contributed by atoms with E-state index in [1.807, 2.05) is 0 Å². The van der Waals surface area contributed by atoms with Gasteiger partial charge in [0.05, 0.1) is 5.56 Å². The summed E-state index contributed by atoms with van der Waals surface area (Å²) in [7, 11) is 0. The summed E-state index contributed by atoms with van der Waals surface area (Å²) in [5.41, 5.74) is 4.58. The van der Waals surface area contributed by atoms with Gasteiger partial charge in [0.25, 0.3) is 0 Å². The molecule has 1 aromatic carbocycles. The minimum atomic E-state index is -1.47. The van der Waals surface area contributed by atoms with Crippen molar-refractivity contribution < 1.29 is 18.7 Å². The first-order valence-electron chi connectivity index (χ1n) is 4.94. The highest BCUT2D eigenvalue weighted by molar-refractivity contribution is 5.88. The van der Waals surface area contributed by atoms with Crippen LogP contribution < -0.4 is 5.73 Å². The molecule has 1 aliphatic rings. The van der Waals surface area contributed by atoms with Gasteiger partial charge in [0, 0.05) is 12.0 Å². The normalized spacial score (nSPS) is 17.2. The molecule has 0 aromatic heterocycles. The number of carboxylic acid groups (broad SMARTS) is 1. The fourth-order valence-electron chi connectivity index (χ4n) is 1.86. The second-order valence-corrected chi connectivity index (χ2v) is 4.08. The van der Waals surface area contributed by atoms with Crippen LogP contribution in [0.2, 0.25) is 0 Å². The Hall–Kier alpha value is -1.49. The van der Waals surface area contributed by atoms with Crippen molar-refractivity contribution in [2.75, 3.05) is 6.54 Å². The fourth-order valence-corrected chi connectivity index (χ4v) is 1.86. The molecule has 0 bridgehead atoms. The molecular formula is C11H11F2NO2. The van der Waals surface area contributed by atoms with Crippen LogP contribution in [0.1, 0.15) is 28.8 Å². The molecule has 2 rings (SSSR count). The Kier molecular flexibility index (Phi) is 2.42. The molecule has 0 spiro atoms. The van der Waals surface area contributed by atoms with Gasteiger partial charge in [0.1, 0.15) is 0 Å². The van der Waals surface area contributed by atoms with Gasteiger partial charge in [-0.25, -0.2) is 13.6 Å². The third-order valence-electron chi connectivity index (χ3n) is 3.13. The summed E-state index contributed by atoms with van der Waals surface area (Å²) in [6, 6.07) is 2.41. The molecule has 16 heavy (non-hydrogen) atoms. The molecule has 0 heterocycles. The number of benzene rings is 1. The van der Waals surface area contributed by atoms with Crippen molar-refractivity contribution in [3.63, 3.8) is 0 Å². The van der Waals surface area contributed by atoms with Gasteiger partial charge in [-0.15, -0.1) is 0 Å². The molecule has 3 nitrogen and oxygen atoms in total. The van der Waals surface area contributed by atoms with Gasteiger partial charge in [0.2, 0.25) is 0 Å². The largest absolute Gasteiger partial charge is 0.478 e. The van der Waals surface area contributed by atoms with Gasteiger partial charge in [0.15, 0.2) is 11.6 Å². The maximum atomic E-state index is 13.7. The second-order valence-electron chi connectivity index (χ2n) is 4.08. The van der Waals surface area contributed by atoms with Gasteiger partial charge in [-0.2, -0.15) is 0 Å². The molecule has 0 amide bonds. The van der Waals surface area contributed by atoms with Crippen LogP contribution in [0.4, 0.5) is 8.78 Å². The lowest BCUT2D eigenvalue weighted by Crippen LogP contribution is -2.22. The highest BCUT2D eigenvalue weighted by Crippen LogP contribution is 2.48. The van der Waals surface area contributed by atoms with Gasteiger partial charge >= 0.3 is 5.97 Å². The van der Waals surface area contributed by atoms with Crippen LogP contribution in [0.5, 0.6) is 0 Å². The van der Waals surface area contributed by atoms with E-state index in [4.69, 9.17) is 10.8 Å². The van der Waals surface area contributed by atoms with E-state index in [-0.39, 0.29) is 12.1 Å². The highest BCUT2D eigenvalue weighted by Gasteiger charge is 2.45. The highest BCUT2D eigenvalue weighted by atomic mass is 19.2. The summed E-state index contributed by atoms with van der Waals surface area (Å²) in [6.45, 7) is 0.246. The van der Waals surface area contributed by atoms with Crippen LogP contribution in [0.25, 0.3) is 0 Å². The van der Waals surface area contributed by atoms with Crippen molar-refractivity contribution in [2.45, 2.75) is 18.3 Å². The lowest BCUT2D eigenvalue weighted by atomic mass is 9.94. The third-order valence-corrected chi connectivity index (χ3v) is 3.13. The number of rotatable bonds is 3. The van der Waals surface area contributed by atoms with E-state index in [1.165, 1.54) is 6.07 Å². The molecule has 1 saturated carbocycles. The van der Waals surface area contributed by atoms with Crippen molar-refractivity contribution in [3.05, 3.63) is 34.9 Å². The summed E-state index contributed by atoms with van der Waals surface area (Å²) in [5.74, 6) is -3.85. The monoisotopic (exact) mass is 227 g/mol. The average Bonchev–Trinajstić information content (AvgIpc) is 3.02. The zero-order chi connectivity index (χ0) is 11.9. The molecule has 0 saturated heterocycles. The van der Waals surface area contributed by atoms with E-state index in [9.17, 15) is 13.6 Å². The number of halogens is 2. The number of hydrogen-bond acceptors (Lipinski definition) is 2. The van der Waals surface area contributed by atoms with Gasteiger partial charge < -0.3 is 10.8 Å². The first kappa shape index (κ1) is 11.0. The van der Waals surface area contributed by atoms with E-state index in [0.29, 0.717) is 12.8 Å². The zero-order valence-corrected chi connectivity index (χ0v) is 8.46. The number of nitrogens with two attached hydrogens (primary N) is 1. The Balaban J connectivity index is 2.51. The average molecular weight is 227 g/mol. The van der Waals surface area contributed by atoms with Crippen molar-refractivity contribution in [2.24, 2.45) is 5.73 Å². The Bertz CT molecular complexity index is 456. The summed E-state index contributed by atoms with van der Waals surface area (Å²) in [5, 5.41) is 8.63. The number of hydrogen-bond donors (Lipinski definition) is 2. The molecule has 0 atom stereocenters. The lowest BCUT2D eigenvalue weighted by Gasteiger charge is -2.14. The Morgan fingerprint density at radius 1 is 1.38 bits per heavy atom. The fraction of sp³-hybridized carbons (Fsp3) is 0.364. The summed E-state index contributed by atoms with van der Waals surface area (Å²) in [4.78, 5) is 10.6. The van der Waals surface area contributed by atoms with Gasteiger partial charge in [-0.1, -0.05) is 6.07 Å². The molecule has 1 fully saturated rings. The minimum absolute atomic E-state index is 0.192. The van der Waals surface area contributed by atoms with Crippen molar-refractivity contribution >= 4 is 5.97 Å². The van der Waals surface area contributed by atoms with Crippen LogP contribution >= 0.6 is 0 Å². The molecule has 86 valence electrons. The predicted molar refractivity (Wildman–Crippen MR) is 53.3 cm³/mol. The Morgan fingerprint density at radius 3 is 2.44 bits per heavy atom. The summed E-state index contributed by atoms with van der Waals surface area (Å²) in [6.07, 6.45) is 1.43. The van der Waals surface area contributed by atoms with Crippen LogP contribution in [-0.4, -0.2) is 17.6 Å². The third kappa shape index (κ3) is 1.48. The zero-order valence-electron chi connectivity index (χ0n) is 8.46.